The molecule has 2 unspecified atom stereocenters. The van der Waals surface area contributed by atoms with Crippen molar-refractivity contribution >= 4 is 0 Å². The van der Waals surface area contributed by atoms with Gasteiger partial charge in [0.2, 0.25) is 0 Å². The van der Waals surface area contributed by atoms with Crippen LogP contribution in [-0.2, 0) is 5.41 Å². The van der Waals surface area contributed by atoms with Gasteiger partial charge in [0, 0.05) is 11.8 Å². The predicted octanol–water partition coefficient (Wildman–Crippen LogP) is 6.56. The van der Waals surface area contributed by atoms with E-state index in [1.807, 2.05) is 0 Å². The number of aryl methyl sites for hydroxylation is 1. The molecule has 0 radical (unpaired) electrons. The molecule has 0 fully saturated rings. The van der Waals surface area contributed by atoms with Crippen molar-refractivity contribution in [3.63, 3.8) is 0 Å². The fraction of sp³-hybridized carbons (Fsp3) is 0.185. The molecule has 0 aromatic heterocycles. The molecule has 0 saturated carbocycles. The molecule has 0 nitrogen and oxygen atoms in total. The third kappa shape index (κ3) is 2.23. The second-order valence-electron chi connectivity index (χ2n) is 7.90. The van der Waals surface area contributed by atoms with Gasteiger partial charge in [-0.25, -0.2) is 0 Å². The zero-order valence-electron chi connectivity index (χ0n) is 15.9. The van der Waals surface area contributed by atoms with E-state index < -0.39 is 0 Å². The Kier molecular flexibility index (Phi) is 3.68. The molecule has 5 rings (SSSR count). The maximum absolute atomic E-state index is 2.50. The maximum Gasteiger partial charge on any atom is 0.0525 e. The number of benzene rings is 3. The molecule has 0 saturated heterocycles. The van der Waals surface area contributed by atoms with Crippen molar-refractivity contribution in [1.29, 1.82) is 0 Å². The lowest BCUT2D eigenvalue weighted by atomic mass is 9.63. The molecule has 0 heteroatoms. The quantitative estimate of drug-likeness (QED) is 0.492. The van der Waals surface area contributed by atoms with Crippen molar-refractivity contribution in [2.24, 2.45) is 5.92 Å². The van der Waals surface area contributed by atoms with Crippen LogP contribution in [0.25, 0.3) is 0 Å². The minimum Gasteiger partial charge on any atom is -0.0761 e. The summed E-state index contributed by atoms with van der Waals surface area (Å²) in [7, 11) is 0. The Labute approximate surface area is 161 Å². The third-order valence-electron chi connectivity index (χ3n) is 6.44. The van der Waals surface area contributed by atoms with Crippen LogP contribution >= 0.6 is 0 Å². The van der Waals surface area contributed by atoms with E-state index in [0.29, 0.717) is 11.8 Å². The molecule has 0 amide bonds. The van der Waals surface area contributed by atoms with Crippen LogP contribution in [0.5, 0.6) is 0 Å². The normalized spacial score (nSPS) is 22.1. The second kappa shape index (κ2) is 6.09. The molecule has 0 bridgehead atoms. The van der Waals surface area contributed by atoms with Gasteiger partial charge in [0.05, 0.1) is 5.41 Å². The summed E-state index contributed by atoms with van der Waals surface area (Å²) in [5.41, 5.74) is 8.35. The highest BCUT2D eigenvalue weighted by molar-refractivity contribution is 5.64. The monoisotopic (exact) mass is 348 g/mol. The summed E-state index contributed by atoms with van der Waals surface area (Å²) >= 11 is 0. The van der Waals surface area contributed by atoms with Gasteiger partial charge in [-0.05, 0) is 41.7 Å². The number of rotatable bonds is 2. The zero-order valence-corrected chi connectivity index (χ0v) is 15.9. The summed E-state index contributed by atoms with van der Waals surface area (Å²) in [4.78, 5) is 0. The van der Waals surface area contributed by atoms with Crippen LogP contribution in [0.15, 0.2) is 103 Å². The van der Waals surface area contributed by atoms with Crippen LogP contribution in [0, 0.1) is 12.8 Å². The van der Waals surface area contributed by atoms with Gasteiger partial charge in [-0.15, -0.1) is 0 Å². The highest BCUT2D eigenvalue weighted by atomic mass is 14.5. The van der Waals surface area contributed by atoms with Crippen LogP contribution in [-0.4, -0.2) is 0 Å². The fourth-order valence-electron chi connectivity index (χ4n) is 5.40. The fourth-order valence-corrected chi connectivity index (χ4v) is 5.40. The number of fused-ring (bicyclic) bond motifs is 3. The first-order valence-electron chi connectivity index (χ1n) is 9.80. The Morgan fingerprint density at radius 2 is 1.33 bits per heavy atom. The average molecular weight is 348 g/mol. The van der Waals surface area contributed by atoms with Crippen LogP contribution in [0.3, 0.4) is 0 Å². The summed E-state index contributed by atoms with van der Waals surface area (Å²) in [6, 6.07) is 29.0. The standard InChI is InChI=1S/C27H24/c1-19-16-17-23-25(18-19)27(21-11-5-3-6-12-21,22-13-7-4-8-14-22)24-15-9-10-20(2)26(23)24/h3-18,23,25H,1-2H3. The number of hydrogen-bond acceptors (Lipinski definition) is 0. The Morgan fingerprint density at radius 1 is 0.704 bits per heavy atom. The molecule has 2 aliphatic carbocycles. The first-order chi connectivity index (χ1) is 13.2. The zero-order chi connectivity index (χ0) is 18.4. The third-order valence-corrected chi connectivity index (χ3v) is 6.44. The van der Waals surface area contributed by atoms with E-state index in [1.54, 1.807) is 0 Å². The molecule has 2 aliphatic rings. The molecule has 2 atom stereocenters. The van der Waals surface area contributed by atoms with Gasteiger partial charge >= 0.3 is 0 Å². The van der Waals surface area contributed by atoms with Crippen LogP contribution < -0.4 is 0 Å². The van der Waals surface area contributed by atoms with E-state index in [-0.39, 0.29) is 5.41 Å². The molecule has 0 N–H and O–H groups in total. The summed E-state index contributed by atoms with van der Waals surface area (Å²) in [5.74, 6) is 0.814. The molecule has 0 spiro atoms. The van der Waals surface area contributed by atoms with Gasteiger partial charge in [0.25, 0.3) is 0 Å². The topological polar surface area (TPSA) is 0 Å². The Hall–Kier alpha value is -2.86. The lowest BCUT2D eigenvalue weighted by Crippen LogP contribution is -2.35. The molecule has 0 aliphatic heterocycles. The van der Waals surface area contributed by atoms with Gasteiger partial charge < -0.3 is 0 Å². The van der Waals surface area contributed by atoms with E-state index in [4.69, 9.17) is 0 Å². The molecule has 3 aromatic carbocycles. The van der Waals surface area contributed by atoms with Crippen molar-refractivity contribution < 1.29 is 0 Å². The Balaban J connectivity index is 1.93. The van der Waals surface area contributed by atoms with Crippen molar-refractivity contribution in [3.8, 4) is 0 Å². The van der Waals surface area contributed by atoms with Gasteiger partial charge in [-0.3, -0.25) is 0 Å². The minimum absolute atomic E-state index is 0.152. The van der Waals surface area contributed by atoms with Crippen molar-refractivity contribution in [1.82, 2.24) is 0 Å². The highest BCUT2D eigenvalue weighted by Crippen LogP contribution is 2.60. The number of hydrogen-bond donors (Lipinski definition) is 0. The van der Waals surface area contributed by atoms with E-state index in [1.165, 1.54) is 33.4 Å². The van der Waals surface area contributed by atoms with E-state index >= 15 is 0 Å². The maximum atomic E-state index is 2.50. The van der Waals surface area contributed by atoms with Crippen molar-refractivity contribution in [2.45, 2.75) is 25.2 Å². The highest BCUT2D eigenvalue weighted by Gasteiger charge is 2.53. The van der Waals surface area contributed by atoms with E-state index in [9.17, 15) is 0 Å². The van der Waals surface area contributed by atoms with E-state index in [2.05, 4.69) is 111 Å². The SMILES string of the molecule is CC1=CC2C(C=C1)c1c(C)cccc1C2(c1ccccc1)c1ccccc1. The summed E-state index contributed by atoms with van der Waals surface area (Å²) in [6.07, 6.45) is 7.23. The summed E-state index contributed by atoms with van der Waals surface area (Å²) in [6.45, 7) is 4.49. The van der Waals surface area contributed by atoms with Crippen LogP contribution in [0.1, 0.15) is 40.7 Å². The molecular weight excluding hydrogens is 324 g/mol. The van der Waals surface area contributed by atoms with Gasteiger partial charge in [-0.1, -0.05) is 103 Å². The van der Waals surface area contributed by atoms with Gasteiger partial charge in [0.15, 0.2) is 0 Å². The van der Waals surface area contributed by atoms with E-state index in [0.717, 1.165) is 0 Å². The molecule has 132 valence electrons. The smallest absolute Gasteiger partial charge is 0.0525 e. The van der Waals surface area contributed by atoms with Gasteiger partial charge in [-0.2, -0.15) is 0 Å². The van der Waals surface area contributed by atoms with Crippen molar-refractivity contribution in [3.05, 3.63) is 130 Å². The minimum atomic E-state index is -0.152. The Bertz CT molecular complexity index is 998. The molecule has 27 heavy (non-hydrogen) atoms. The second-order valence-corrected chi connectivity index (χ2v) is 7.90. The average Bonchev–Trinajstić information content (AvgIpc) is 3.01. The first-order valence-corrected chi connectivity index (χ1v) is 9.80. The summed E-state index contributed by atoms with van der Waals surface area (Å²) in [5, 5.41) is 0. The first kappa shape index (κ1) is 16.3. The Morgan fingerprint density at radius 3 is 1.96 bits per heavy atom. The lowest BCUT2D eigenvalue weighted by Gasteiger charge is -2.39. The van der Waals surface area contributed by atoms with Crippen molar-refractivity contribution in [2.75, 3.05) is 0 Å². The van der Waals surface area contributed by atoms with Crippen LogP contribution in [0.4, 0.5) is 0 Å². The van der Waals surface area contributed by atoms with Crippen LogP contribution in [0.2, 0.25) is 0 Å². The number of allylic oxidation sites excluding steroid dienone is 4. The molecule has 0 heterocycles. The lowest BCUT2D eigenvalue weighted by molar-refractivity contribution is 0.454. The molecular formula is C27H24. The largest absolute Gasteiger partial charge is 0.0761 e. The molecule has 3 aromatic rings. The summed E-state index contributed by atoms with van der Waals surface area (Å²) < 4.78 is 0. The predicted molar refractivity (Wildman–Crippen MR) is 113 cm³/mol. The van der Waals surface area contributed by atoms with Gasteiger partial charge in [0.1, 0.15) is 0 Å².